The minimum atomic E-state index is -0.326. The Hall–Kier alpha value is -2.74. The third-order valence-corrected chi connectivity index (χ3v) is 5.59. The molecule has 1 aliphatic heterocycles. The highest BCUT2D eigenvalue weighted by Gasteiger charge is 2.35. The third-order valence-electron chi connectivity index (χ3n) is 5.36. The molecule has 0 bridgehead atoms. The van der Waals surface area contributed by atoms with Crippen molar-refractivity contribution in [3.8, 4) is 5.75 Å². The number of ether oxygens (including phenoxy) is 2. The standard InChI is InChI=1S/C23H25ClN2O4.H2O/c1-2-29-23(28)26-11-10-18-19-14-16(24)6-9-20(19)25-21(18)22(26)15-4-7-17(8-5-15)30-13-3-12-27;/h4-9,14,22,25,27H,2-3,10-13H2,1H3;1H2/t22-;/m0./s1. The second-order valence-corrected chi connectivity index (χ2v) is 7.68. The van der Waals surface area contributed by atoms with E-state index in [9.17, 15) is 4.79 Å². The van der Waals surface area contributed by atoms with Crippen LogP contribution in [0.1, 0.15) is 36.2 Å². The van der Waals surface area contributed by atoms with E-state index in [1.165, 1.54) is 5.56 Å². The van der Waals surface area contributed by atoms with Gasteiger partial charge in [-0.05, 0) is 54.8 Å². The molecule has 2 aromatic carbocycles. The van der Waals surface area contributed by atoms with Gasteiger partial charge in [0.25, 0.3) is 0 Å². The van der Waals surface area contributed by atoms with Crippen molar-refractivity contribution in [1.82, 2.24) is 9.88 Å². The maximum Gasteiger partial charge on any atom is 0.410 e. The third kappa shape index (κ3) is 4.63. The topological polar surface area (TPSA) is 106 Å². The van der Waals surface area contributed by atoms with E-state index in [1.807, 2.05) is 49.4 Å². The van der Waals surface area contributed by atoms with Gasteiger partial charge in [-0.3, -0.25) is 4.90 Å². The Kier molecular flexibility index (Phi) is 7.43. The number of rotatable bonds is 6. The molecule has 1 amide bonds. The van der Waals surface area contributed by atoms with E-state index >= 15 is 0 Å². The monoisotopic (exact) mass is 446 g/mol. The van der Waals surface area contributed by atoms with Crippen LogP contribution < -0.4 is 4.74 Å². The van der Waals surface area contributed by atoms with Gasteiger partial charge in [0, 0.05) is 41.2 Å². The maximum atomic E-state index is 12.7. The molecule has 0 fully saturated rings. The Morgan fingerprint density at radius 2 is 2.03 bits per heavy atom. The van der Waals surface area contributed by atoms with Crippen LogP contribution in [0, 0.1) is 0 Å². The molecule has 4 N–H and O–H groups in total. The number of aliphatic hydroxyl groups excluding tert-OH is 1. The van der Waals surface area contributed by atoms with Crippen LogP contribution in [0.3, 0.4) is 0 Å². The fraction of sp³-hybridized carbons (Fsp3) is 0.348. The van der Waals surface area contributed by atoms with Crippen molar-refractivity contribution < 1.29 is 24.9 Å². The van der Waals surface area contributed by atoms with Crippen LogP contribution in [0.4, 0.5) is 4.79 Å². The van der Waals surface area contributed by atoms with Crippen LogP contribution in [0.15, 0.2) is 42.5 Å². The smallest absolute Gasteiger partial charge is 0.410 e. The van der Waals surface area contributed by atoms with Crippen LogP contribution in [-0.2, 0) is 11.2 Å². The number of aromatic amines is 1. The molecule has 0 unspecified atom stereocenters. The molecule has 1 aromatic heterocycles. The average Bonchev–Trinajstić information content (AvgIpc) is 3.12. The van der Waals surface area contributed by atoms with Gasteiger partial charge in [-0.1, -0.05) is 23.7 Å². The molecule has 3 aromatic rings. The van der Waals surface area contributed by atoms with E-state index in [-0.39, 0.29) is 24.2 Å². The zero-order valence-electron chi connectivity index (χ0n) is 17.4. The lowest BCUT2D eigenvalue weighted by atomic mass is 9.92. The lowest BCUT2D eigenvalue weighted by Gasteiger charge is -2.35. The summed E-state index contributed by atoms with van der Waals surface area (Å²) in [5.41, 5.74) is 4.14. The van der Waals surface area contributed by atoms with Crippen LogP contribution in [0.2, 0.25) is 5.02 Å². The van der Waals surface area contributed by atoms with E-state index in [2.05, 4.69) is 4.98 Å². The largest absolute Gasteiger partial charge is 0.494 e. The summed E-state index contributed by atoms with van der Waals surface area (Å²) < 4.78 is 11.0. The number of hydrogen-bond acceptors (Lipinski definition) is 4. The normalized spacial score (nSPS) is 15.3. The molecule has 1 aliphatic rings. The summed E-state index contributed by atoms with van der Waals surface area (Å²) in [7, 11) is 0. The van der Waals surface area contributed by atoms with E-state index in [4.69, 9.17) is 26.2 Å². The number of aromatic nitrogens is 1. The second-order valence-electron chi connectivity index (χ2n) is 7.25. The van der Waals surface area contributed by atoms with E-state index in [1.54, 1.807) is 4.90 Å². The molecule has 7 nitrogen and oxygen atoms in total. The molecule has 4 rings (SSSR count). The summed E-state index contributed by atoms with van der Waals surface area (Å²) in [6.45, 7) is 3.26. The predicted octanol–water partition coefficient (Wildman–Crippen LogP) is 3.86. The SMILES string of the molecule is CCOC(=O)N1CCc2c([nH]c3ccc(Cl)cc23)[C@@H]1c1ccc(OCCCO)cc1.O. The number of carbonyl (C=O) groups excluding carboxylic acids is 1. The van der Waals surface area contributed by atoms with Crippen LogP contribution in [0.5, 0.6) is 5.75 Å². The molecular formula is C23H27ClN2O5. The molecule has 31 heavy (non-hydrogen) atoms. The quantitative estimate of drug-likeness (QED) is 0.560. The fourth-order valence-corrected chi connectivity index (χ4v) is 4.18. The fourth-order valence-electron chi connectivity index (χ4n) is 4.01. The van der Waals surface area contributed by atoms with Gasteiger partial charge >= 0.3 is 6.09 Å². The zero-order chi connectivity index (χ0) is 21.1. The Labute approximate surface area is 185 Å². The molecule has 1 atom stereocenters. The first-order chi connectivity index (χ1) is 14.6. The number of fused-ring (bicyclic) bond motifs is 3. The Morgan fingerprint density at radius 1 is 1.26 bits per heavy atom. The summed E-state index contributed by atoms with van der Waals surface area (Å²) >= 11 is 6.23. The number of amides is 1. The lowest BCUT2D eigenvalue weighted by Crippen LogP contribution is -2.40. The van der Waals surface area contributed by atoms with Crippen LogP contribution in [-0.4, -0.2) is 52.9 Å². The van der Waals surface area contributed by atoms with Crippen molar-refractivity contribution in [1.29, 1.82) is 0 Å². The molecule has 2 heterocycles. The molecule has 0 saturated heterocycles. The highest BCUT2D eigenvalue weighted by Crippen LogP contribution is 2.39. The van der Waals surface area contributed by atoms with Crippen LogP contribution in [0.25, 0.3) is 10.9 Å². The number of hydrogen-bond donors (Lipinski definition) is 2. The van der Waals surface area contributed by atoms with Gasteiger partial charge in [-0.2, -0.15) is 0 Å². The molecule has 166 valence electrons. The Morgan fingerprint density at radius 3 is 2.74 bits per heavy atom. The highest BCUT2D eigenvalue weighted by atomic mass is 35.5. The first-order valence-corrected chi connectivity index (χ1v) is 10.6. The molecule has 0 radical (unpaired) electrons. The minimum Gasteiger partial charge on any atom is -0.494 e. The molecule has 8 heteroatoms. The van der Waals surface area contributed by atoms with Gasteiger partial charge in [-0.15, -0.1) is 0 Å². The average molecular weight is 447 g/mol. The molecule has 0 saturated carbocycles. The van der Waals surface area contributed by atoms with Crippen LogP contribution >= 0.6 is 11.6 Å². The van der Waals surface area contributed by atoms with Gasteiger partial charge < -0.3 is 25.0 Å². The summed E-state index contributed by atoms with van der Waals surface area (Å²) in [6.07, 6.45) is 0.989. The second kappa shape index (κ2) is 10.0. The number of aliphatic hydroxyl groups is 1. The first-order valence-electron chi connectivity index (χ1n) is 10.2. The number of nitrogens with one attached hydrogen (secondary N) is 1. The van der Waals surface area contributed by atoms with Gasteiger partial charge in [0.15, 0.2) is 0 Å². The molecule has 0 aliphatic carbocycles. The van der Waals surface area contributed by atoms with Crippen molar-refractivity contribution in [2.75, 3.05) is 26.4 Å². The highest BCUT2D eigenvalue weighted by molar-refractivity contribution is 6.31. The zero-order valence-corrected chi connectivity index (χ0v) is 18.1. The van der Waals surface area contributed by atoms with Crippen molar-refractivity contribution >= 4 is 28.6 Å². The molecule has 0 spiro atoms. The first kappa shape index (κ1) is 22.9. The van der Waals surface area contributed by atoms with E-state index in [0.717, 1.165) is 34.3 Å². The van der Waals surface area contributed by atoms with Gasteiger partial charge in [0.2, 0.25) is 0 Å². The van der Waals surface area contributed by atoms with E-state index in [0.29, 0.717) is 31.2 Å². The van der Waals surface area contributed by atoms with Crippen molar-refractivity contribution in [3.63, 3.8) is 0 Å². The van der Waals surface area contributed by atoms with Gasteiger partial charge in [0.05, 0.1) is 13.2 Å². The summed E-state index contributed by atoms with van der Waals surface area (Å²) in [5.74, 6) is 0.731. The number of nitrogens with zero attached hydrogens (tertiary/aromatic N) is 1. The number of H-pyrrole nitrogens is 1. The summed E-state index contributed by atoms with van der Waals surface area (Å²) in [4.78, 5) is 18.0. The Bertz CT molecular complexity index is 1030. The summed E-state index contributed by atoms with van der Waals surface area (Å²) in [5, 5.41) is 10.7. The number of benzene rings is 2. The van der Waals surface area contributed by atoms with Gasteiger partial charge in [-0.25, -0.2) is 4.79 Å². The molecular weight excluding hydrogens is 420 g/mol. The van der Waals surface area contributed by atoms with Crippen molar-refractivity contribution in [2.45, 2.75) is 25.8 Å². The maximum absolute atomic E-state index is 12.7. The Balaban J connectivity index is 0.00000272. The van der Waals surface area contributed by atoms with E-state index < -0.39 is 0 Å². The van der Waals surface area contributed by atoms with Crippen molar-refractivity contribution in [3.05, 3.63) is 64.3 Å². The van der Waals surface area contributed by atoms with Gasteiger partial charge in [0.1, 0.15) is 11.8 Å². The lowest BCUT2D eigenvalue weighted by molar-refractivity contribution is 0.0932. The van der Waals surface area contributed by atoms with Crippen molar-refractivity contribution in [2.24, 2.45) is 0 Å². The summed E-state index contributed by atoms with van der Waals surface area (Å²) in [6, 6.07) is 13.3. The number of halogens is 1. The number of carbonyl (C=O) groups is 1. The minimum absolute atomic E-state index is 0. The predicted molar refractivity (Wildman–Crippen MR) is 120 cm³/mol.